The first-order valence-electron chi connectivity index (χ1n) is 6.48. The molecule has 5 heteroatoms. The standard InChI is InChI=1S/C14H25N3O2/c1-4-11(15)8-10-7-9(13(16)18-2)5-6-12(10)14(17)19-3/h5-7,11,13-14H,4,8,15-17H2,1-3H3. The lowest BCUT2D eigenvalue weighted by Gasteiger charge is -2.20. The van der Waals surface area contributed by atoms with Crippen LogP contribution in [0.1, 0.15) is 42.5 Å². The van der Waals surface area contributed by atoms with Gasteiger partial charge in [0.05, 0.1) is 0 Å². The normalized spacial score (nSPS) is 16.1. The van der Waals surface area contributed by atoms with Crippen molar-refractivity contribution in [3.8, 4) is 0 Å². The second kappa shape index (κ2) is 7.57. The van der Waals surface area contributed by atoms with Gasteiger partial charge in [-0.3, -0.25) is 0 Å². The topological polar surface area (TPSA) is 96.5 Å². The van der Waals surface area contributed by atoms with Crippen LogP contribution in [0.15, 0.2) is 18.2 Å². The summed E-state index contributed by atoms with van der Waals surface area (Å²) in [5.41, 5.74) is 20.8. The lowest BCUT2D eigenvalue weighted by atomic mass is 9.96. The molecule has 0 aliphatic heterocycles. The van der Waals surface area contributed by atoms with Gasteiger partial charge in [0.1, 0.15) is 12.5 Å². The van der Waals surface area contributed by atoms with Gasteiger partial charge in [0, 0.05) is 20.3 Å². The molecule has 19 heavy (non-hydrogen) atoms. The van der Waals surface area contributed by atoms with Gasteiger partial charge in [-0.15, -0.1) is 0 Å². The molecule has 3 atom stereocenters. The average Bonchev–Trinajstić information content (AvgIpc) is 2.45. The number of methoxy groups -OCH3 is 2. The van der Waals surface area contributed by atoms with Gasteiger partial charge < -0.3 is 26.7 Å². The molecule has 0 fully saturated rings. The van der Waals surface area contributed by atoms with Crippen LogP contribution in [0.5, 0.6) is 0 Å². The van der Waals surface area contributed by atoms with E-state index in [1.165, 1.54) is 0 Å². The van der Waals surface area contributed by atoms with Crippen molar-refractivity contribution < 1.29 is 9.47 Å². The first-order chi connectivity index (χ1) is 9.03. The Morgan fingerprint density at radius 1 is 1.05 bits per heavy atom. The van der Waals surface area contributed by atoms with E-state index in [2.05, 4.69) is 6.92 Å². The van der Waals surface area contributed by atoms with E-state index in [1.54, 1.807) is 14.2 Å². The summed E-state index contributed by atoms with van der Waals surface area (Å²) in [5.74, 6) is 0. The Kier molecular flexibility index (Phi) is 6.41. The fourth-order valence-electron chi connectivity index (χ4n) is 1.95. The molecule has 0 saturated carbocycles. The smallest absolute Gasteiger partial charge is 0.131 e. The number of nitrogens with two attached hydrogens (primary N) is 3. The first-order valence-corrected chi connectivity index (χ1v) is 6.48. The van der Waals surface area contributed by atoms with E-state index in [0.29, 0.717) is 0 Å². The summed E-state index contributed by atoms with van der Waals surface area (Å²) < 4.78 is 10.3. The van der Waals surface area contributed by atoms with Gasteiger partial charge in [-0.2, -0.15) is 0 Å². The fourth-order valence-corrected chi connectivity index (χ4v) is 1.95. The molecule has 1 rings (SSSR count). The van der Waals surface area contributed by atoms with Gasteiger partial charge in [0.2, 0.25) is 0 Å². The number of ether oxygens (including phenoxy) is 2. The summed E-state index contributed by atoms with van der Waals surface area (Å²) in [6, 6.07) is 5.93. The van der Waals surface area contributed by atoms with Crippen molar-refractivity contribution in [1.82, 2.24) is 0 Å². The summed E-state index contributed by atoms with van der Waals surface area (Å²) in [6.07, 6.45) is 0.756. The van der Waals surface area contributed by atoms with Crippen LogP contribution in [0.4, 0.5) is 0 Å². The highest BCUT2D eigenvalue weighted by Gasteiger charge is 2.15. The monoisotopic (exact) mass is 267 g/mol. The molecule has 0 bridgehead atoms. The Balaban J connectivity index is 3.10. The molecule has 0 heterocycles. The number of hydrogen-bond donors (Lipinski definition) is 3. The summed E-state index contributed by atoms with van der Waals surface area (Å²) >= 11 is 0. The van der Waals surface area contributed by atoms with Crippen LogP contribution in [0, 0.1) is 0 Å². The van der Waals surface area contributed by atoms with Crippen molar-refractivity contribution in [3.63, 3.8) is 0 Å². The van der Waals surface area contributed by atoms with E-state index in [4.69, 9.17) is 26.7 Å². The van der Waals surface area contributed by atoms with E-state index in [9.17, 15) is 0 Å². The molecule has 0 aliphatic rings. The predicted molar refractivity (Wildman–Crippen MR) is 76.3 cm³/mol. The largest absolute Gasteiger partial charge is 0.363 e. The average molecular weight is 267 g/mol. The third-order valence-electron chi connectivity index (χ3n) is 3.32. The van der Waals surface area contributed by atoms with E-state index in [1.807, 2.05) is 18.2 Å². The highest BCUT2D eigenvalue weighted by atomic mass is 16.5. The SMILES string of the molecule is CCC(N)Cc1cc(C(N)OC)ccc1C(N)OC. The van der Waals surface area contributed by atoms with Crippen molar-refractivity contribution in [1.29, 1.82) is 0 Å². The minimum absolute atomic E-state index is 0.0943. The Hall–Kier alpha value is -0.980. The Morgan fingerprint density at radius 3 is 2.21 bits per heavy atom. The Morgan fingerprint density at radius 2 is 1.68 bits per heavy atom. The van der Waals surface area contributed by atoms with E-state index < -0.39 is 12.5 Å². The molecule has 0 aliphatic carbocycles. The molecule has 108 valence electrons. The molecule has 0 aromatic heterocycles. The van der Waals surface area contributed by atoms with Gasteiger partial charge in [0.25, 0.3) is 0 Å². The van der Waals surface area contributed by atoms with E-state index in [-0.39, 0.29) is 6.04 Å². The van der Waals surface area contributed by atoms with Gasteiger partial charge in [-0.05, 0) is 29.5 Å². The van der Waals surface area contributed by atoms with Crippen LogP contribution < -0.4 is 17.2 Å². The molecule has 0 saturated heterocycles. The van der Waals surface area contributed by atoms with Gasteiger partial charge in [0.15, 0.2) is 0 Å². The molecule has 5 nitrogen and oxygen atoms in total. The van der Waals surface area contributed by atoms with Crippen LogP contribution >= 0.6 is 0 Å². The highest BCUT2D eigenvalue weighted by Crippen LogP contribution is 2.23. The van der Waals surface area contributed by atoms with E-state index >= 15 is 0 Å². The maximum absolute atomic E-state index is 6.03. The molecule has 1 aromatic rings. The molecular formula is C14H25N3O2. The summed E-state index contributed by atoms with van der Waals surface area (Å²) in [4.78, 5) is 0. The Labute approximate surface area is 115 Å². The molecule has 0 spiro atoms. The number of hydrogen-bond acceptors (Lipinski definition) is 5. The number of benzene rings is 1. The maximum Gasteiger partial charge on any atom is 0.131 e. The summed E-state index contributed by atoms with van der Waals surface area (Å²) in [7, 11) is 3.17. The lowest BCUT2D eigenvalue weighted by molar-refractivity contribution is 0.106. The van der Waals surface area contributed by atoms with Crippen molar-refractivity contribution in [3.05, 3.63) is 34.9 Å². The molecule has 3 unspecified atom stereocenters. The van der Waals surface area contributed by atoms with Gasteiger partial charge in [-0.25, -0.2) is 0 Å². The van der Waals surface area contributed by atoms with Crippen molar-refractivity contribution >= 4 is 0 Å². The fraction of sp³-hybridized carbons (Fsp3) is 0.571. The molecule has 6 N–H and O–H groups in total. The second-order valence-corrected chi connectivity index (χ2v) is 4.64. The quantitative estimate of drug-likeness (QED) is 0.644. The zero-order valence-corrected chi connectivity index (χ0v) is 11.9. The zero-order chi connectivity index (χ0) is 14.4. The second-order valence-electron chi connectivity index (χ2n) is 4.64. The highest BCUT2D eigenvalue weighted by molar-refractivity contribution is 5.35. The van der Waals surface area contributed by atoms with Crippen molar-refractivity contribution in [2.24, 2.45) is 17.2 Å². The van der Waals surface area contributed by atoms with Crippen molar-refractivity contribution in [2.45, 2.75) is 38.3 Å². The van der Waals surface area contributed by atoms with E-state index in [0.717, 1.165) is 29.5 Å². The number of rotatable bonds is 7. The Bertz CT molecular complexity index is 398. The van der Waals surface area contributed by atoms with Crippen LogP contribution in [0.3, 0.4) is 0 Å². The van der Waals surface area contributed by atoms with Gasteiger partial charge >= 0.3 is 0 Å². The molecule has 1 aromatic carbocycles. The molecule has 0 radical (unpaired) electrons. The molecule has 0 amide bonds. The van der Waals surface area contributed by atoms with Crippen LogP contribution in [0.2, 0.25) is 0 Å². The lowest BCUT2D eigenvalue weighted by Crippen LogP contribution is -2.24. The molecular weight excluding hydrogens is 242 g/mol. The predicted octanol–water partition coefficient (Wildman–Crippen LogP) is 1.17. The maximum atomic E-state index is 6.03. The summed E-state index contributed by atoms with van der Waals surface area (Å²) in [5, 5.41) is 0. The van der Waals surface area contributed by atoms with Crippen LogP contribution in [-0.4, -0.2) is 20.3 Å². The van der Waals surface area contributed by atoms with Gasteiger partial charge in [-0.1, -0.05) is 25.1 Å². The van der Waals surface area contributed by atoms with Crippen molar-refractivity contribution in [2.75, 3.05) is 14.2 Å². The van der Waals surface area contributed by atoms with Crippen LogP contribution in [0.25, 0.3) is 0 Å². The third-order valence-corrected chi connectivity index (χ3v) is 3.32. The minimum Gasteiger partial charge on any atom is -0.363 e. The third kappa shape index (κ3) is 4.26. The minimum atomic E-state index is -0.452. The zero-order valence-electron chi connectivity index (χ0n) is 11.9. The van der Waals surface area contributed by atoms with Crippen LogP contribution in [-0.2, 0) is 15.9 Å². The summed E-state index contributed by atoms with van der Waals surface area (Å²) in [6.45, 7) is 2.06. The first kappa shape index (κ1) is 16.1.